The second-order valence-electron chi connectivity index (χ2n) is 5.12. The lowest BCUT2D eigenvalue weighted by Gasteiger charge is -2.06. The lowest BCUT2D eigenvalue weighted by Crippen LogP contribution is -1.96. The molecule has 0 amide bonds. The highest BCUT2D eigenvalue weighted by Gasteiger charge is 1.99. The standard InChI is InChI=1S/C17H15ClN4OS/c1-12-20-21-17(24)22(12)19-10-13-4-8-16(9-5-13)23-11-14-2-6-15(18)7-3-14/h2-10H,11H2,1H3,(H,21,24)/b19-10+. The Labute approximate surface area is 149 Å². The molecule has 0 aliphatic heterocycles. The second kappa shape index (κ2) is 7.42. The first-order chi connectivity index (χ1) is 11.6. The maximum Gasteiger partial charge on any atom is 0.216 e. The number of aromatic amines is 1. The summed E-state index contributed by atoms with van der Waals surface area (Å²) in [6.07, 6.45) is 1.72. The number of ether oxygens (including phenoxy) is 1. The summed E-state index contributed by atoms with van der Waals surface area (Å²) in [5.41, 5.74) is 2.01. The highest BCUT2D eigenvalue weighted by atomic mass is 35.5. The van der Waals surface area contributed by atoms with E-state index < -0.39 is 0 Å². The zero-order valence-electron chi connectivity index (χ0n) is 12.9. The van der Waals surface area contributed by atoms with Crippen molar-refractivity contribution in [2.45, 2.75) is 13.5 Å². The minimum Gasteiger partial charge on any atom is -0.489 e. The highest BCUT2D eigenvalue weighted by Crippen LogP contribution is 2.15. The Morgan fingerprint density at radius 2 is 1.92 bits per heavy atom. The molecule has 0 saturated heterocycles. The Bertz CT molecular complexity index is 898. The lowest BCUT2D eigenvalue weighted by atomic mass is 10.2. The van der Waals surface area contributed by atoms with Gasteiger partial charge in [-0.3, -0.25) is 5.10 Å². The van der Waals surface area contributed by atoms with Crippen LogP contribution in [0.25, 0.3) is 0 Å². The molecule has 0 atom stereocenters. The van der Waals surface area contributed by atoms with E-state index in [0.717, 1.165) is 21.9 Å². The topological polar surface area (TPSA) is 55.2 Å². The van der Waals surface area contributed by atoms with E-state index in [-0.39, 0.29) is 0 Å². The Balaban J connectivity index is 1.63. The van der Waals surface area contributed by atoms with Gasteiger partial charge in [0.2, 0.25) is 4.77 Å². The van der Waals surface area contributed by atoms with Crippen molar-refractivity contribution in [3.05, 3.63) is 75.3 Å². The number of benzene rings is 2. The Morgan fingerprint density at radius 1 is 1.21 bits per heavy atom. The van der Waals surface area contributed by atoms with Crippen LogP contribution in [0.3, 0.4) is 0 Å². The van der Waals surface area contributed by atoms with Crippen LogP contribution >= 0.6 is 23.8 Å². The molecule has 0 aliphatic rings. The van der Waals surface area contributed by atoms with Crippen LogP contribution < -0.4 is 4.74 Å². The van der Waals surface area contributed by atoms with Gasteiger partial charge in [-0.05, 0) is 66.7 Å². The van der Waals surface area contributed by atoms with E-state index in [4.69, 9.17) is 28.6 Å². The van der Waals surface area contributed by atoms with Crippen LogP contribution in [0.15, 0.2) is 53.6 Å². The smallest absolute Gasteiger partial charge is 0.216 e. The van der Waals surface area contributed by atoms with Gasteiger partial charge in [-0.15, -0.1) is 0 Å². The first-order valence-corrected chi connectivity index (χ1v) is 8.06. The molecule has 1 aromatic heterocycles. The molecule has 24 heavy (non-hydrogen) atoms. The maximum atomic E-state index is 5.87. The summed E-state index contributed by atoms with van der Waals surface area (Å²) in [6, 6.07) is 15.3. The van der Waals surface area contributed by atoms with E-state index in [0.29, 0.717) is 17.2 Å². The van der Waals surface area contributed by atoms with Gasteiger partial charge >= 0.3 is 0 Å². The number of H-pyrrole nitrogens is 1. The number of halogens is 1. The third-order valence-corrected chi connectivity index (χ3v) is 3.85. The summed E-state index contributed by atoms with van der Waals surface area (Å²) < 4.78 is 7.79. The first kappa shape index (κ1) is 16.4. The zero-order chi connectivity index (χ0) is 16.9. The van der Waals surface area contributed by atoms with Crippen LogP contribution in [0.1, 0.15) is 17.0 Å². The molecule has 0 saturated carbocycles. The van der Waals surface area contributed by atoms with Gasteiger partial charge in [0.25, 0.3) is 0 Å². The average molecular weight is 359 g/mol. The zero-order valence-corrected chi connectivity index (χ0v) is 14.5. The lowest BCUT2D eigenvalue weighted by molar-refractivity contribution is 0.306. The first-order valence-electron chi connectivity index (χ1n) is 7.27. The summed E-state index contributed by atoms with van der Waals surface area (Å²) in [5.74, 6) is 1.50. The van der Waals surface area contributed by atoms with E-state index in [1.165, 1.54) is 0 Å². The SMILES string of the molecule is Cc1n[nH]c(=S)n1/N=C/c1ccc(OCc2ccc(Cl)cc2)cc1. The molecule has 0 fully saturated rings. The largest absolute Gasteiger partial charge is 0.489 e. The van der Waals surface area contributed by atoms with Crippen LogP contribution in [-0.2, 0) is 6.61 Å². The monoisotopic (exact) mass is 358 g/mol. The fourth-order valence-electron chi connectivity index (χ4n) is 2.03. The van der Waals surface area contributed by atoms with Crippen molar-refractivity contribution in [3.63, 3.8) is 0 Å². The number of aryl methyl sites for hydroxylation is 1. The number of aromatic nitrogens is 3. The van der Waals surface area contributed by atoms with Crippen molar-refractivity contribution in [1.29, 1.82) is 0 Å². The van der Waals surface area contributed by atoms with Crippen molar-refractivity contribution in [3.8, 4) is 5.75 Å². The minimum atomic E-state index is 0.465. The van der Waals surface area contributed by atoms with Gasteiger partial charge in [-0.25, -0.2) is 0 Å². The van der Waals surface area contributed by atoms with E-state index >= 15 is 0 Å². The molecule has 0 spiro atoms. The second-order valence-corrected chi connectivity index (χ2v) is 5.94. The Kier molecular flexibility index (Phi) is 5.08. The van der Waals surface area contributed by atoms with E-state index in [2.05, 4.69) is 15.3 Å². The predicted molar refractivity (Wildman–Crippen MR) is 97.4 cm³/mol. The molecule has 0 unspecified atom stereocenters. The molecule has 7 heteroatoms. The minimum absolute atomic E-state index is 0.465. The van der Waals surface area contributed by atoms with Crippen molar-refractivity contribution < 1.29 is 4.74 Å². The highest BCUT2D eigenvalue weighted by molar-refractivity contribution is 7.71. The summed E-state index contributed by atoms with van der Waals surface area (Å²) >= 11 is 11.0. The van der Waals surface area contributed by atoms with E-state index in [1.54, 1.807) is 10.9 Å². The van der Waals surface area contributed by atoms with Crippen LogP contribution in [0.4, 0.5) is 0 Å². The molecule has 1 heterocycles. The van der Waals surface area contributed by atoms with Gasteiger partial charge in [0.1, 0.15) is 18.2 Å². The van der Waals surface area contributed by atoms with Crippen LogP contribution in [0.2, 0.25) is 5.02 Å². The van der Waals surface area contributed by atoms with E-state index in [1.807, 2.05) is 55.5 Å². The van der Waals surface area contributed by atoms with Gasteiger partial charge in [-0.1, -0.05) is 23.7 Å². The molecule has 1 N–H and O–H groups in total. The Morgan fingerprint density at radius 3 is 2.54 bits per heavy atom. The van der Waals surface area contributed by atoms with Gasteiger partial charge < -0.3 is 4.74 Å². The summed E-state index contributed by atoms with van der Waals surface area (Å²) in [4.78, 5) is 0. The third kappa shape index (κ3) is 4.10. The molecular formula is C17H15ClN4OS. The third-order valence-electron chi connectivity index (χ3n) is 3.33. The average Bonchev–Trinajstić information content (AvgIpc) is 2.92. The molecule has 0 radical (unpaired) electrons. The van der Waals surface area contributed by atoms with Gasteiger partial charge in [0.15, 0.2) is 0 Å². The van der Waals surface area contributed by atoms with Crippen molar-refractivity contribution in [1.82, 2.24) is 14.9 Å². The molecular weight excluding hydrogens is 344 g/mol. The van der Waals surface area contributed by atoms with Crippen LogP contribution in [-0.4, -0.2) is 21.1 Å². The molecule has 3 rings (SSSR count). The quantitative estimate of drug-likeness (QED) is 0.544. The normalized spacial score (nSPS) is 11.1. The molecule has 0 aliphatic carbocycles. The maximum absolute atomic E-state index is 5.87. The number of rotatable bonds is 5. The van der Waals surface area contributed by atoms with Gasteiger partial charge in [0.05, 0.1) is 6.21 Å². The fraction of sp³-hybridized carbons (Fsp3) is 0.118. The molecule has 0 bridgehead atoms. The summed E-state index contributed by atoms with van der Waals surface area (Å²) in [6.45, 7) is 2.32. The molecule has 3 aromatic rings. The van der Waals surface area contributed by atoms with Crippen molar-refractivity contribution >= 4 is 30.0 Å². The Hall–Kier alpha value is -2.44. The number of hydrogen-bond donors (Lipinski definition) is 1. The predicted octanol–water partition coefficient (Wildman–Crippen LogP) is 4.36. The van der Waals surface area contributed by atoms with E-state index in [9.17, 15) is 0 Å². The van der Waals surface area contributed by atoms with Crippen LogP contribution in [0, 0.1) is 11.7 Å². The summed E-state index contributed by atoms with van der Waals surface area (Å²) in [5, 5.41) is 11.7. The van der Waals surface area contributed by atoms with Gasteiger partial charge in [-0.2, -0.15) is 14.9 Å². The number of hydrogen-bond acceptors (Lipinski definition) is 4. The summed E-state index contributed by atoms with van der Waals surface area (Å²) in [7, 11) is 0. The van der Waals surface area contributed by atoms with Crippen LogP contribution in [0.5, 0.6) is 5.75 Å². The van der Waals surface area contributed by atoms with Gasteiger partial charge in [0, 0.05) is 5.02 Å². The molecule has 5 nitrogen and oxygen atoms in total. The fourth-order valence-corrected chi connectivity index (χ4v) is 2.38. The van der Waals surface area contributed by atoms with Crippen molar-refractivity contribution in [2.24, 2.45) is 5.10 Å². The number of nitrogens with one attached hydrogen (secondary N) is 1. The number of nitrogens with zero attached hydrogens (tertiary/aromatic N) is 3. The molecule has 2 aromatic carbocycles. The molecule has 122 valence electrons. The van der Waals surface area contributed by atoms with Crippen molar-refractivity contribution in [2.75, 3.05) is 0 Å².